The van der Waals surface area contributed by atoms with Crippen molar-refractivity contribution in [2.45, 2.75) is 0 Å². The van der Waals surface area contributed by atoms with Crippen molar-refractivity contribution in [1.82, 2.24) is 13.7 Å². The Balaban J connectivity index is 1.20. The monoisotopic (exact) mass is 563 g/mol. The van der Waals surface area contributed by atoms with Crippen LogP contribution < -0.4 is 0 Å². The Labute approximate surface area is 252 Å². The molecule has 6 aromatic carbocycles. The van der Waals surface area contributed by atoms with Gasteiger partial charge in [-0.1, -0.05) is 97.1 Å². The smallest absolute Gasteiger partial charge is 0.159 e. The molecule has 0 bridgehead atoms. The highest BCUT2D eigenvalue weighted by Crippen LogP contribution is 2.40. The van der Waals surface area contributed by atoms with Gasteiger partial charge >= 0.3 is 0 Å². The van der Waals surface area contributed by atoms with Crippen molar-refractivity contribution in [2.24, 2.45) is 0 Å². The third-order valence-corrected chi connectivity index (χ3v) is 9.10. The van der Waals surface area contributed by atoms with Crippen LogP contribution in [-0.2, 0) is 0 Å². The van der Waals surface area contributed by atoms with Crippen LogP contribution in [-0.4, -0.2) is 13.7 Å². The molecule has 0 unspecified atom stereocenters. The molecule has 206 valence electrons. The van der Waals surface area contributed by atoms with Gasteiger partial charge in [-0.3, -0.25) is 0 Å². The summed E-state index contributed by atoms with van der Waals surface area (Å²) in [5.41, 5.74) is 9.66. The lowest BCUT2D eigenvalue weighted by Gasteiger charge is -2.08. The number of hydrogen-bond donors (Lipinski definition) is 0. The number of nitrogens with zero attached hydrogens (tertiary/aromatic N) is 3. The van der Waals surface area contributed by atoms with Crippen molar-refractivity contribution >= 4 is 65.6 Å². The molecule has 0 saturated carbocycles. The van der Waals surface area contributed by atoms with Crippen LogP contribution in [0.4, 0.5) is 0 Å². The first kappa shape index (κ1) is 23.6. The molecule has 0 N–H and O–H groups in total. The van der Waals surface area contributed by atoms with E-state index in [0.717, 1.165) is 39.0 Å². The van der Waals surface area contributed by atoms with Gasteiger partial charge in [0.15, 0.2) is 11.2 Å². The first-order chi connectivity index (χ1) is 21.8. The summed E-state index contributed by atoms with van der Waals surface area (Å²) in [6, 6.07) is 49.5. The maximum atomic E-state index is 6.88. The van der Waals surface area contributed by atoms with E-state index in [4.69, 9.17) is 4.42 Å². The molecule has 4 aromatic heterocycles. The summed E-state index contributed by atoms with van der Waals surface area (Å²) in [6.45, 7) is 0. The van der Waals surface area contributed by atoms with Crippen molar-refractivity contribution < 1.29 is 4.42 Å². The first-order valence-electron chi connectivity index (χ1n) is 14.9. The molecule has 0 amide bonds. The Morgan fingerprint density at radius 2 is 0.795 bits per heavy atom. The molecule has 0 aliphatic carbocycles. The minimum atomic E-state index is 0.875. The van der Waals surface area contributed by atoms with E-state index in [1.165, 1.54) is 43.6 Å². The predicted molar refractivity (Wildman–Crippen MR) is 182 cm³/mol. The molecule has 4 nitrogen and oxygen atoms in total. The Kier molecular flexibility index (Phi) is 4.69. The van der Waals surface area contributed by atoms with Gasteiger partial charge in [0.2, 0.25) is 0 Å². The van der Waals surface area contributed by atoms with Gasteiger partial charge in [0, 0.05) is 44.7 Å². The second-order valence-electron chi connectivity index (χ2n) is 11.4. The Morgan fingerprint density at radius 3 is 1.34 bits per heavy atom. The molecular formula is C40H25N3O. The van der Waals surface area contributed by atoms with E-state index in [0.29, 0.717) is 0 Å². The second kappa shape index (κ2) is 8.76. The normalized spacial score (nSPS) is 12.1. The molecule has 0 aliphatic heterocycles. The zero-order valence-corrected chi connectivity index (χ0v) is 23.7. The fraction of sp³-hybridized carbons (Fsp3) is 0. The van der Waals surface area contributed by atoms with Crippen LogP contribution in [0.3, 0.4) is 0 Å². The topological polar surface area (TPSA) is 27.9 Å². The SMILES string of the molecule is c1cc(-n2ccc(-n3c4ccccc4c4ccccc43)c2)c2oc3c(-n4c5ccccc5c5ccccc54)cccc3c2c1. The van der Waals surface area contributed by atoms with E-state index in [1.54, 1.807) is 0 Å². The molecule has 0 fully saturated rings. The molecule has 0 atom stereocenters. The van der Waals surface area contributed by atoms with Crippen molar-refractivity contribution in [1.29, 1.82) is 0 Å². The lowest BCUT2D eigenvalue weighted by molar-refractivity contribution is 0.663. The molecule has 4 heterocycles. The lowest BCUT2D eigenvalue weighted by atomic mass is 10.1. The van der Waals surface area contributed by atoms with Gasteiger partial charge in [-0.2, -0.15) is 0 Å². The van der Waals surface area contributed by atoms with Crippen LogP contribution in [0.5, 0.6) is 0 Å². The van der Waals surface area contributed by atoms with E-state index < -0.39 is 0 Å². The van der Waals surface area contributed by atoms with E-state index in [1.807, 2.05) is 0 Å². The van der Waals surface area contributed by atoms with Crippen LogP contribution in [0.2, 0.25) is 0 Å². The number of fused-ring (bicyclic) bond motifs is 9. The van der Waals surface area contributed by atoms with Crippen molar-refractivity contribution in [3.8, 4) is 17.1 Å². The Hall–Kier alpha value is -6.00. The van der Waals surface area contributed by atoms with Crippen molar-refractivity contribution in [2.75, 3.05) is 0 Å². The van der Waals surface area contributed by atoms with E-state index in [-0.39, 0.29) is 0 Å². The molecule has 10 rings (SSSR count). The fourth-order valence-corrected chi connectivity index (χ4v) is 7.22. The van der Waals surface area contributed by atoms with Gasteiger partial charge in [-0.05, 0) is 42.5 Å². The van der Waals surface area contributed by atoms with E-state index in [9.17, 15) is 0 Å². The van der Waals surface area contributed by atoms with Gasteiger partial charge in [-0.25, -0.2) is 0 Å². The van der Waals surface area contributed by atoms with E-state index in [2.05, 4.69) is 166 Å². The number of hydrogen-bond acceptors (Lipinski definition) is 1. The molecular weight excluding hydrogens is 538 g/mol. The van der Waals surface area contributed by atoms with Crippen LogP contribution in [0.1, 0.15) is 0 Å². The Bertz CT molecular complexity index is 2630. The summed E-state index contributed by atoms with van der Waals surface area (Å²) in [6.07, 6.45) is 4.34. The number of para-hydroxylation sites is 6. The predicted octanol–water partition coefficient (Wildman–Crippen LogP) is 10.6. The number of furan rings is 1. The first-order valence-corrected chi connectivity index (χ1v) is 14.9. The summed E-state index contributed by atoms with van der Waals surface area (Å²) >= 11 is 0. The summed E-state index contributed by atoms with van der Waals surface area (Å²) in [4.78, 5) is 0. The van der Waals surface area contributed by atoms with Gasteiger partial charge < -0.3 is 18.1 Å². The van der Waals surface area contributed by atoms with Crippen LogP contribution >= 0.6 is 0 Å². The van der Waals surface area contributed by atoms with Gasteiger partial charge in [0.25, 0.3) is 0 Å². The van der Waals surface area contributed by atoms with Crippen LogP contribution in [0, 0.1) is 0 Å². The summed E-state index contributed by atoms with van der Waals surface area (Å²) in [5.74, 6) is 0. The lowest BCUT2D eigenvalue weighted by Crippen LogP contribution is -1.94. The summed E-state index contributed by atoms with van der Waals surface area (Å²) in [5, 5.41) is 7.20. The highest BCUT2D eigenvalue weighted by molar-refractivity contribution is 6.13. The van der Waals surface area contributed by atoms with Crippen molar-refractivity contribution in [3.05, 3.63) is 152 Å². The van der Waals surface area contributed by atoms with Gasteiger partial charge in [-0.15, -0.1) is 0 Å². The highest BCUT2D eigenvalue weighted by atomic mass is 16.3. The third-order valence-electron chi connectivity index (χ3n) is 9.10. The second-order valence-corrected chi connectivity index (χ2v) is 11.4. The average molecular weight is 564 g/mol. The zero-order valence-electron chi connectivity index (χ0n) is 23.7. The minimum absolute atomic E-state index is 0.875. The quantitative estimate of drug-likeness (QED) is 0.210. The summed E-state index contributed by atoms with van der Waals surface area (Å²) in [7, 11) is 0. The number of aromatic nitrogens is 3. The van der Waals surface area contributed by atoms with Gasteiger partial charge in [0.05, 0.1) is 39.1 Å². The fourth-order valence-electron chi connectivity index (χ4n) is 7.22. The number of rotatable bonds is 3. The minimum Gasteiger partial charge on any atom is -0.452 e. The maximum absolute atomic E-state index is 6.88. The maximum Gasteiger partial charge on any atom is 0.159 e. The van der Waals surface area contributed by atoms with Crippen molar-refractivity contribution in [3.63, 3.8) is 0 Å². The molecule has 4 heteroatoms. The molecule has 44 heavy (non-hydrogen) atoms. The summed E-state index contributed by atoms with van der Waals surface area (Å²) < 4.78 is 13.8. The van der Waals surface area contributed by atoms with Gasteiger partial charge in [0.1, 0.15) is 0 Å². The standard InChI is InChI=1S/C40H25N3O/c1-5-17-33-27(11-1)28-12-2-6-18-34(28)42(33)26-23-24-41(25-26)37-21-9-15-31-32-16-10-22-38(40(32)44-39(31)37)43-35-19-7-3-13-29(35)30-14-4-8-20-36(30)43/h1-25H. The molecule has 10 aromatic rings. The van der Waals surface area contributed by atoms with Crippen LogP contribution in [0.15, 0.2) is 156 Å². The highest BCUT2D eigenvalue weighted by Gasteiger charge is 2.19. The molecule has 0 saturated heterocycles. The number of benzene rings is 6. The Morgan fingerprint density at radius 1 is 0.364 bits per heavy atom. The molecule has 0 radical (unpaired) electrons. The van der Waals surface area contributed by atoms with Crippen LogP contribution in [0.25, 0.3) is 82.6 Å². The average Bonchev–Trinajstić information content (AvgIpc) is 3.85. The van der Waals surface area contributed by atoms with E-state index >= 15 is 0 Å². The zero-order chi connectivity index (χ0) is 28.8. The largest absolute Gasteiger partial charge is 0.452 e. The third kappa shape index (κ3) is 3.11. The molecule has 0 aliphatic rings. The molecule has 0 spiro atoms.